The first-order chi connectivity index (χ1) is 9.65. The molecule has 0 aliphatic carbocycles. The van der Waals surface area contributed by atoms with Gasteiger partial charge in [-0.1, -0.05) is 15.9 Å². The van der Waals surface area contributed by atoms with E-state index < -0.39 is 4.92 Å². The zero-order chi connectivity index (χ0) is 14.4. The molecule has 2 aromatic rings. The monoisotopic (exact) mass is 337 g/mol. The fourth-order valence-electron chi connectivity index (χ4n) is 1.51. The van der Waals surface area contributed by atoms with Crippen molar-refractivity contribution in [2.75, 3.05) is 13.2 Å². The van der Waals surface area contributed by atoms with Crippen molar-refractivity contribution in [3.8, 4) is 11.5 Å². The van der Waals surface area contributed by atoms with E-state index in [1.54, 1.807) is 12.1 Å². The van der Waals surface area contributed by atoms with E-state index in [1.165, 1.54) is 12.1 Å². The summed E-state index contributed by atoms with van der Waals surface area (Å²) in [6.45, 7) is 0.770. The SMILES string of the molecule is O=[N+]([O-])c1ccc(OCCOc2ccc(Br)cc2)cc1. The van der Waals surface area contributed by atoms with Crippen LogP contribution in [-0.2, 0) is 0 Å². The van der Waals surface area contributed by atoms with Gasteiger partial charge in [0.2, 0.25) is 0 Å². The van der Waals surface area contributed by atoms with Crippen LogP contribution in [0.1, 0.15) is 0 Å². The molecule has 0 amide bonds. The molecule has 0 aliphatic rings. The van der Waals surface area contributed by atoms with Gasteiger partial charge in [-0.25, -0.2) is 0 Å². The highest BCUT2D eigenvalue weighted by Crippen LogP contribution is 2.18. The molecule has 0 aliphatic heterocycles. The van der Waals surface area contributed by atoms with E-state index in [2.05, 4.69) is 15.9 Å². The summed E-state index contributed by atoms with van der Waals surface area (Å²) in [6, 6.07) is 13.5. The zero-order valence-corrected chi connectivity index (χ0v) is 12.1. The Bertz CT molecular complexity index is 569. The number of rotatable bonds is 6. The molecule has 0 atom stereocenters. The summed E-state index contributed by atoms with van der Waals surface area (Å²) >= 11 is 3.35. The molecule has 2 rings (SSSR count). The second-order valence-corrected chi connectivity index (χ2v) is 4.82. The molecule has 20 heavy (non-hydrogen) atoms. The molecule has 2 aromatic carbocycles. The topological polar surface area (TPSA) is 61.6 Å². The van der Waals surface area contributed by atoms with Gasteiger partial charge in [-0.2, -0.15) is 0 Å². The summed E-state index contributed by atoms with van der Waals surface area (Å²) in [7, 11) is 0. The van der Waals surface area contributed by atoms with Crippen molar-refractivity contribution in [3.63, 3.8) is 0 Å². The Morgan fingerprint density at radius 2 is 1.35 bits per heavy atom. The van der Waals surface area contributed by atoms with Crippen LogP contribution in [-0.4, -0.2) is 18.1 Å². The van der Waals surface area contributed by atoms with Gasteiger partial charge in [-0.05, 0) is 36.4 Å². The number of nitro groups is 1. The Hall–Kier alpha value is -2.08. The van der Waals surface area contributed by atoms with Gasteiger partial charge in [0, 0.05) is 16.6 Å². The normalized spacial score (nSPS) is 10.1. The van der Waals surface area contributed by atoms with Gasteiger partial charge in [0.05, 0.1) is 4.92 Å². The highest BCUT2D eigenvalue weighted by Gasteiger charge is 2.04. The summed E-state index contributed by atoms with van der Waals surface area (Å²) in [5, 5.41) is 10.5. The van der Waals surface area contributed by atoms with Gasteiger partial charge in [0.1, 0.15) is 24.7 Å². The molecule has 0 radical (unpaired) electrons. The lowest BCUT2D eigenvalue weighted by Gasteiger charge is -2.08. The first-order valence-corrected chi connectivity index (χ1v) is 6.70. The van der Waals surface area contributed by atoms with E-state index in [1.807, 2.05) is 24.3 Å². The van der Waals surface area contributed by atoms with Crippen LogP contribution < -0.4 is 9.47 Å². The van der Waals surface area contributed by atoms with Crippen LogP contribution >= 0.6 is 15.9 Å². The van der Waals surface area contributed by atoms with E-state index in [9.17, 15) is 10.1 Å². The molecule has 0 aromatic heterocycles. The molecular weight excluding hydrogens is 326 g/mol. The molecule has 0 bridgehead atoms. The van der Waals surface area contributed by atoms with E-state index in [0.717, 1.165) is 10.2 Å². The van der Waals surface area contributed by atoms with Crippen LogP contribution in [0.3, 0.4) is 0 Å². The van der Waals surface area contributed by atoms with Crippen molar-refractivity contribution in [2.24, 2.45) is 0 Å². The van der Waals surface area contributed by atoms with Crippen LogP contribution in [0.4, 0.5) is 5.69 Å². The van der Waals surface area contributed by atoms with Gasteiger partial charge in [-0.15, -0.1) is 0 Å². The maximum atomic E-state index is 10.5. The van der Waals surface area contributed by atoms with Crippen molar-refractivity contribution >= 4 is 21.6 Å². The molecule has 104 valence electrons. The van der Waals surface area contributed by atoms with Crippen molar-refractivity contribution in [1.29, 1.82) is 0 Å². The second kappa shape index (κ2) is 6.91. The highest BCUT2D eigenvalue weighted by molar-refractivity contribution is 9.10. The molecule has 0 saturated carbocycles. The van der Waals surface area contributed by atoms with Gasteiger partial charge < -0.3 is 9.47 Å². The van der Waals surface area contributed by atoms with Crippen LogP contribution in [0.15, 0.2) is 53.0 Å². The third-order valence-electron chi connectivity index (χ3n) is 2.48. The minimum absolute atomic E-state index is 0.0449. The van der Waals surface area contributed by atoms with Gasteiger partial charge in [-0.3, -0.25) is 10.1 Å². The standard InChI is InChI=1S/C14H12BrNO4/c15-11-1-5-13(6-2-11)19-9-10-20-14-7-3-12(4-8-14)16(17)18/h1-8H,9-10H2. The van der Waals surface area contributed by atoms with E-state index in [4.69, 9.17) is 9.47 Å². The molecule has 0 heterocycles. The molecule has 5 nitrogen and oxygen atoms in total. The average molecular weight is 338 g/mol. The van der Waals surface area contributed by atoms with E-state index in [-0.39, 0.29) is 5.69 Å². The third kappa shape index (κ3) is 4.24. The fourth-order valence-corrected chi connectivity index (χ4v) is 1.78. The van der Waals surface area contributed by atoms with Crippen LogP contribution in [0.5, 0.6) is 11.5 Å². The van der Waals surface area contributed by atoms with Crippen molar-refractivity contribution in [1.82, 2.24) is 0 Å². The Labute approximate surface area is 124 Å². The predicted molar refractivity (Wildman–Crippen MR) is 78.2 cm³/mol. The minimum atomic E-state index is -0.444. The minimum Gasteiger partial charge on any atom is -0.490 e. The molecular formula is C14H12BrNO4. The van der Waals surface area contributed by atoms with Crippen LogP contribution in [0, 0.1) is 10.1 Å². The highest BCUT2D eigenvalue weighted by atomic mass is 79.9. The summed E-state index contributed by atoms with van der Waals surface area (Å²) < 4.78 is 11.9. The Kier molecular flexibility index (Phi) is 4.95. The largest absolute Gasteiger partial charge is 0.490 e. The van der Waals surface area contributed by atoms with Gasteiger partial charge in [0.25, 0.3) is 5.69 Å². The Morgan fingerprint density at radius 3 is 1.80 bits per heavy atom. The zero-order valence-electron chi connectivity index (χ0n) is 10.5. The lowest BCUT2D eigenvalue weighted by molar-refractivity contribution is -0.384. The Balaban J connectivity index is 1.75. The smallest absolute Gasteiger partial charge is 0.269 e. The number of halogens is 1. The fraction of sp³-hybridized carbons (Fsp3) is 0.143. The number of non-ortho nitro benzene ring substituents is 1. The van der Waals surface area contributed by atoms with Crippen molar-refractivity contribution in [3.05, 3.63) is 63.1 Å². The summed E-state index contributed by atoms with van der Waals surface area (Å²) in [6.07, 6.45) is 0. The van der Waals surface area contributed by atoms with Gasteiger partial charge >= 0.3 is 0 Å². The molecule has 0 unspecified atom stereocenters. The molecule has 0 spiro atoms. The molecule has 0 saturated heterocycles. The van der Waals surface area contributed by atoms with Crippen molar-refractivity contribution < 1.29 is 14.4 Å². The number of hydrogen-bond acceptors (Lipinski definition) is 4. The maximum absolute atomic E-state index is 10.5. The van der Waals surface area contributed by atoms with Gasteiger partial charge in [0.15, 0.2) is 0 Å². The molecule has 0 fully saturated rings. The average Bonchev–Trinajstić information content (AvgIpc) is 2.46. The predicted octanol–water partition coefficient (Wildman–Crippen LogP) is 3.82. The number of nitrogens with zero attached hydrogens (tertiary/aromatic N) is 1. The number of nitro benzene ring substituents is 1. The summed E-state index contributed by atoms with van der Waals surface area (Å²) in [4.78, 5) is 10.1. The quantitative estimate of drug-likeness (QED) is 0.456. The summed E-state index contributed by atoms with van der Waals surface area (Å²) in [5.41, 5.74) is 0.0449. The molecule has 0 N–H and O–H groups in total. The third-order valence-corrected chi connectivity index (χ3v) is 3.01. The van der Waals surface area contributed by atoms with Crippen LogP contribution in [0.25, 0.3) is 0 Å². The van der Waals surface area contributed by atoms with E-state index in [0.29, 0.717) is 19.0 Å². The summed E-state index contributed by atoms with van der Waals surface area (Å²) in [5.74, 6) is 1.34. The lowest BCUT2D eigenvalue weighted by Crippen LogP contribution is -2.08. The lowest BCUT2D eigenvalue weighted by atomic mass is 10.3. The first kappa shape index (κ1) is 14.3. The van der Waals surface area contributed by atoms with Crippen LogP contribution in [0.2, 0.25) is 0 Å². The van der Waals surface area contributed by atoms with E-state index >= 15 is 0 Å². The first-order valence-electron chi connectivity index (χ1n) is 5.91. The number of benzene rings is 2. The second-order valence-electron chi connectivity index (χ2n) is 3.90. The Morgan fingerprint density at radius 1 is 0.900 bits per heavy atom. The number of hydrogen-bond donors (Lipinski definition) is 0. The number of ether oxygens (including phenoxy) is 2. The maximum Gasteiger partial charge on any atom is 0.269 e. The molecule has 6 heteroatoms. The van der Waals surface area contributed by atoms with Crippen molar-refractivity contribution in [2.45, 2.75) is 0 Å².